The van der Waals surface area contributed by atoms with Crippen LogP contribution in [0.4, 0.5) is 8.78 Å². The molecule has 0 aliphatic carbocycles. The van der Waals surface area contributed by atoms with E-state index in [1.54, 1.807) is 0 Å². The van der Waals surface area contributed by atoms with Gasteiger partial charge < -0.3 is 14.0 Å². The number of hydrogen-bond acceptors (Lipinski definition) is 4. The third kappa shape index (κ3) is 3.72. The van der Waals surface area contributed by atoms with Crippen LogP contribution < -0.4 is 0 Å². The molecule has 0 radical (unpaired) electrons. The van der Waals surface area contributed by atoms with E-state index < -0.39 is 41.7 Å². The molecule has 0 N–H and O–H groups in total. The Labute approximate surface area is 135 Å². The number of esters is 1. The lowest BCUT2D eigenvalue weighted by Crippen LogP contribution is -2.41. The predicted molar refractivity (Wildman–Crippen MR) is 81.8 cm³/mol. The van der Waals surface area contributed by atoms with E-state index in [9.17, 15) is 13.6 Å². The number of ether oxygens (including phenoxy) is 1. The first-order chi connectivity index (χ1) is 10.6. The zero-order valence-electron chi connectivity index (χ0n) is 14.0. The molecule has 23 heavy (non-hydrogen) atoms. The second-order valence-electron chi connectivity index (χ2n) is 6.71. The van der Waals surface area contributed by atoms with Gasteiger partial charge in [0.05, 0.1) is 24.7 Å². The van der Waals surface area contributed by atoms with Gasteiger partial charge in [0, 0.05) is 11.9 Å². The van der Waals surface area contributed by atoms with Gasteiger partial charge in [-0.15, -0.1) is 0 Å². The highest BCUT2D eigenvalue weighted by Gasteiger charge is 2.54. The summed E-state index contributed by atoms with van der Waals surface area (Å²) in [5, 5.41) is 0. The topological polar surface area (TPSA) is 44.8 Å². The Kier molecular flexibility index (Phi) is 4.82. The molecule has 0 bridgehead atoms. The molecule has 0 amide bonds. The molecule has 0 aromatic heterocycles. The Balaban J connectivity index is 2.37. The molecule has 1 aromatic carbocycles. The monoisotopic (exact) mass is 326 g/mol. The third-order valence-electron chi connectivity index (χ3n) is 4.53. The van der Waals surface area contributed by atoms with Gasteiger partial charge in [-0.2, -0.15) is 0 Å². The summed E-state index contributed by atoms with van der Waals surface area (Å²) >= 11 is 0. The highest BCUT2D eigenvalue weighted by Crippen LogP contribution is 2.42. The van der Waals surface area contributed by atoms with E-state index in [1.165, 1.54) is 19.2 Å². The van der Waals surface area contributed by atoms with Gasteiger partial charge in [0.1, 0.15) is 11.6 Å². The van der Waals surface area contributed by atoms with Gasteiger partial charge in [0.25, 0.3) is 0 Å². The van der Waals surface area contributed by atoms with Crippen LogP contribution in [0.25, 0.3) is 0 Å². The fourth-order valence-corrected chi connectivity index (χ4v) is 2.48. The predicted octanol–water partition coefficient (Wildman–Crippen LogP) is 3.24. The van der Waals surface area contributed by atoms with Crippen molar-refractivity contribution in [2.24, 2.45) is 0 Å². The standard InChI is InChI=1S/C16H21BF2O4/c1-15(2)16(3,4)23-17(22-15)13(9-14(20)21-5)10-6-11(18)8-12(19)7-10/h6-8,13H,9H2,1-5H3. The smallest absolute Gasteiger partial charge is 0.466 e. The van der Waals surface area contributed by atoms with Crippen molar-refractivity contribution in [1.29, 1.82) is 0 Å². The molecule has 0 saturated carbocycles. The number of carbonyl (C=O) groups is 1. The van der Waals surface area contributed by atoms with Crippen LogP contribution in [0.3, 0.4) is 0 Å². The first kappa shape index (κ1) is 17.9. The quantitative estimate of drug-likeness (QED) is 0.629. The van der Waals surface area contributed by atoms with Gasteiger partial charge in [-0.05, 0) is 45.4 Å². The Morgan fingerprint density at radius 3 is 2.04 bits per heavy atom. The molecule has 1 aromatic rings. The lowest BCUT2D eigenvalue weighted by molar-refractivity contribution is -0.140. The highest BCUT2D eigenvalue weighted by molar-refractivity contribution is 6.48. The lowest BCUT2D eigenvalue weighted by atomic mass is 9.66. The average molecular weight is 326 g/mol. The van der Waals surface area contributed by atoms with Gasteiger partial charge in [0.15, 0.2) is 0 Å². The minimum absolute atomic E-state index is 0.101. The maximum Gasteiger partial charge on any atom is 0.466 e. The summed E-state index contributed by atoms with van der Waals surface area (Å²) in [6.07, 6.45) is -0.101. The van der Waals surface area contributed by atoms with Gasteiger partial charge in [-0.3, -0.25) is 4.79 Å². The number of hydrogen-bond donors (Lipinski definition) is 0. The number of benzene rings is 1. The van der Waals surface area contributed by atoms with E-state index in [-0.39, 0.29) is 6.42 Å². The fraction of sp³-hybridized carbons (Fsp3) is 0.562. The largest absolute Gasteiger partial charge is 0.469 e. The maximum absolute atomic E-state index is 13.6. The third-order valence-corrected chi connectivity index (χ3v) is 4.53. The average Bonchev–Trinajstić information content (AvgIpc) is 2.63. The summed E-state index contributed by atoms with van der Waals surface area (Å²) in [7, 11) is 0.454. The van der Waals surface area contributed by atoms with E-state index in [4.69, 9.17) is 9.31 Å². The van der Waals surface area contributed by atoms with Crippen LogP contribution in [-0.4, -0.2) is 31.4 Å². The molecular formula is C16H21BF2O4. The van der Waals surface area contributed by atoms with Crippen LogP contribution in [0.1, 0.15) is 45.5 Å². The summed E-state index contributed by atoms with van der Waals surface area (Å²) in [5.41, 5.74) is -0.929. The number of carbonyl (C=O) groups excluding carboxylic acids is 1. The molecule has 126 valence electrons. The molecule has 1 heterocycles. The zero-order chi connectivity index (χ0) is 17.4. The Morgan fingerprint density at radius 1 is 1.13 bits per heavy atom. The summed E-state index contributed by atoms with van der Waals surface area (Å²) in [6, 6.07) is 3.15. The Bertz CT molecular complexity index is 567. The van der Waals surface area contributed by atoms with Crippen LogP contribution in [0.2, 0.25) is 0 Å². The van der Waals surface area contributed by atoms with E-state index >= 15 is 0 Å². The van der Waals surface area contributed by atoms with Crippen LogP contribution in [-0.2, 0) is 18.8 Å². The summed E-state index contributed by atoms with van der Waals surface area (Å²) < 4.78 is 43.7. The van der Waals surface area contributed by atoms with Crippen molar-refractivity contribution in [2.45, 2.75) is 51.1 Å². The van der Waals surface area contributed by atoms with Crippen molar-refractivity contribution in [3.63, 3.8) is 0 Å². The number of methoxy groups -OCH3 is 1. The molecule has 1 unspecified atom stereocenters. The van der Waals surface area contributed by atoms with Crippen molar-refractivity contribution in [2.75, 3.05) is 7.11 Å². The highest BCUT2D eigenvalue weighted by atomic mass is 19.1. The van der Waals surface area contributed by atoms with E-state index in [0.29, 0.717) is 5.56 Å². The molecule has 1 atom stereocenters. The van der Waals surface area contributed by atoms with Crippen LogP contribution in [0.5, 0.6) is 0 Å². The second-order valence-corrected chi connectivity index (χ2v) is 6.71. The second kappa shape index (κ2) is 6.21. The molecule has 7 heteroatoms. The summed E-state index contributed by atoms with van der Waals surface area (Å²) in [6.45, 7) is 7.48. The van der Waals surface area contributed by atoms with Crippen molar-refractivity contribution < 1.29 is 27.6 Å². The van der Waals surface area contributed by atoms with Crippen molar-refractivity contribution >= 4 is 13.1 Å². The maximum atomic E-state index is 13.6. The minimum Gasteiger partial charge on any atom is -0.469 e. The number of halogens is 2. The first-order valence-electron chi connectivity index (χ1n) is 7.44. The van der Waals surface area contributed by atoms with E-state index in [1.807, 2.05) is 27.7 Å². The molecule has 2 rings (SSSR count). The van der Waals surface area contributed by atoms with Crippen molar-refractivity contribution in [3.8, 4) is 0 Å². The normalized spacial score (nSPS) is 20.4. The molecule has 1 saturated heterocycles. The Hall–Kier alpha value is -1.47. The van der Waals surface area contributed by atoms with Gasteiger partial charge in [-0.25, -0.2) is 8.78 Å². The van der Waals surface area contributed by atoms with Crippen molar-refractivity contribution in [1.82, 2.24) is 0 Å². The SMILES string of the molecule is COC(=O)CC(B1OC(C)(C)C(C)(C)O1)c1cc(F)cc(F)c1. The Morgan fingerprint density at radius 2 is 1.61 bits per heavy atom. The fourth-order valence-electron chi connectivity index (χ4n) is 2.48. The molecule has 4 nitrogen and oxygen atoms in total. The molecule has 1 aliphatic rings. The molecule has 0 spiro atoms. The van der Waals surface area contributed by atoms with Gasteiger partial charge in [-0.1, -0.05) is 0 Å². The summed E-state index contributed by atoms with van der Waals surface area (Å²) in [5.74, 6) is -2.61. The molecule has 1 aliphatic heterocycles. The van der Waals surface area contributed by atoms with Crippen LogP contribution >= 0.6 is 0 Å². The zero-order valence-corrected chi connectivity index (χ0v) is 14.0. The van der Waals surface area contributed by atoms with Crippen LogP contribution in [0, 0.1) is 11.6 Å². The van der Waals surface area contributed by atoms with E-state index in [0.717, 1.165) is 6.07 Å². The minimum atomic E-state index is -0.805. The van der Waals surface area contributed by atoms with Gasteiger partial charge >= 0.3 is 13.1 Å². The van der Waals surface area contributed by atoms with Crippen molar-refractivity contribution in [3.05, 3.63) is 35.4 Å². The molecular weight excluding hydrogens is 305 g/mol. The first-order valence-corrected chi connectivity index (χ1v) is 7.44. The summed E-state index contributed by atoms with van der Waals surface area (Å²) in [4.78, 5) is 11.7. The van der Waals surface area contributed by atoms with Gasteiger partial charge in [0.2, 0.25) is 0 Å². The van der Waals surface area contributed by atoms with E-state index in [2.05, 4.69) is 4.74 Å². The van der Waals surface area contributed by atoms with Crippen LogP contribution in [0.15, 0.2) is 18.2 Å². The number of rotatable bonds is 4. The lowest BCUT2D eigenvalue weighted by Gasteiger charge is -2.32. The molecule has 1 fully saturated rings.